The smallest absolute Gasteiger partial charge is 0.349 e. The molecule has 2 aromatic rings. The normalized spacial score (nSPS) is 10.4. The Kier molecular flexibility index (Phi) is 6.32. The van der Waals surface area contributed by atoms with Crippen molar-refractivity contribution in [2.45, 2.75) is 6.92 Å². The Morgan fingerprint density at radius 2 is 1.86 bits per heavy atom. The van der Waals surface area contributed by atoms with E-state index < -0.39 is 5.97 Å². The number of halogens is 4. The second-order valence-corrected chi connectivity index (χ2v) is 7.43. The molecule has 0 atom stereocenters. The van der Waals surface area contributed by atoms with Crippen LogP contribution >= 0.6 is 59.4 Å². The lowest BCUT2D eigenvalue weighted by Crippen LogP contribution is -2.18. The summed E-state index contributed by atoms with van der Waals surface area (Å²) in [6.07, 6.45) is 0. The second-order valence-electron chi connectivity index (χ2n) is 4.37. The Hall–Kier alpha value is -0.560. The minimum absolute atomic E-state index is 0.206. The van der Waals surface area contributed by atoms with Crippen LogP contribution in [-0.2, 0) is 4.79 Å². The van der Waals surface area contributed by atoms with E-state index in [-0.39, 0.29) is 6.61 Å². The molecule has 0 saturated carbocycles. The van der Waals surface area contributed by atoms with Gasteiger partial charge in [0.2, 0.25) is 0 Å². The van der Waals surface area contributed by atoms with E-state index in [9.17, 15) is 4.79 Å². The first-order valence-corrected chi connectivity index (χ1v) is 8.86. The number of ether oxygens (including phenoxy) is 2. The van der Waals surface area contributed by atoms with Gasteiger partial charge in [-0.15, -0.1) is 0 Å². The van der Waals surface area contributed by atoms with Crippen LogP contribution in [0.2, 0.25) is 5.02 Å². The topological polar surface area (TPSA) is 35.5 Å². The van der Waals surface area contributed by atoms with Crippen LogP contribution < -0.4 is 9.47 Å². The zero-order valence-corrected chi connectivity index (χ0v) is 16.8. The van der Waals surface area contributed by atoms with E-state index in [2.05, 4.69) is 47.8 Å². The van der Waals surface area contributed by atoms with Crippen molar-refractivity contribution in [3.8, 4) is 11.5 Å². The fourth-order valence-corrected chi connectivity index (χ4v) is 4.01. The summed E-state index contributed by atoms with van der Waals surface area (Å²) in [7, 11) is 0. The van der Waals surface area contributed by atoms with Crippen LogP contribution in [0.3, 0.4) is 0 Å². The van der Waals surface area contributed by atoms with E-state index in [1.54, 1.807) is 18.2 Å². The third-order valence-corrected chi connectivity index (χ3v) is 4.55. The number of benzene rings is 2. The lowest BCUT2D eigenvalue weighted by Gasteiger charge is -2.11. The van der Waals surface area contributed by atoms with Crippen molar-refractivity contribution in [1.82, 2.24) is 0 Å². The summed E-state index contributed by atoms with van der Waals surface area (Å²) in [4.78, 5) is 11.9. The SMILES string of the molecule is Cc1cc(Br)cc(Br)c1OC(=O)COc1ccc(Cl)cc1Br. The van der Waals surface area contributed by atoms with Crippen molar-refractivity contribution >= 4 is 65.4 Å². The molecule has 0 N–H and O–H groups in total. The highest BCUT2D eigenvalue weighted by atomic mass is 79.9. The number of hydrogen-bond acceptors (Lipinski definition) is 3. The molecule has 22 heavy (non-hydrogen) atoms. The van der Waals surface area contributed by atoms with E-state index in [0.717, 1.165) is 10.0 Å². The van der Waals surface area contributed by atoms with Gasteiger partial charge in [-0.05, 0) is 74.7 Å². The van der Waals surface area contributed by atoms with Crippen LogP contribution in [0.25, 0.3) is 0 Å². The molecule has 0 unspecified atom stereocenters. The van der Waals surface area contributed by atoms with Gasteiger partial charge in [0.15, 0.2) is 6.61 Å². The van der Waals surface area contributed by atoms with Gasteiger partial charge in [0.25, 0.3) is 0 Å². The second kappa shape index (κ2) is 7.81. The van der Waals surface area contributed by atoms with Crippen LogP contribution in [0.4, 0.5) is 0 Å². The largest absolute Gasteiger partial charge is 0.481 e. The summed E-state index contributed by atoms with van der Waals surface area (Å²) in [6.45, 7) is 1.65. The maximum absolute atomic E-state index is 11.9. The van der Waals surface area contributed by atoms with Gasteiger partial charge in [-0.3, -0.25) is 0 Å². The molecule has 3 nitrogen and oxygen atoms in total. The first-order chi connectivity index (χ1) is 10.4. The van der Waals surface area contributed by atoms with Gasteiger partial charge in [0.05, 0.1) is 8.95 Å². The molecule has 7 heteroatoms. The molecule has 0 saturated heterocycles. The summed E-state index contributed by atoms with van der Waals surface area (Å²) < 4.78 is 13.0. The molecule has 0 heterocycles. The molecule has 2 rings (SSSR count). The third-order valence-electron chi connectivity index (χ3n) is 2.65. The van der Waals surface area contributed by atoms with Crippen molar-refractivity contribution in [3.63, 3.8) is 0 Å². The fourth-order valence-electron chi connectivity index (χ4n) is 1.69. The third kappa shape index (κ3) is 4.72. The van der Waals surface area contributed by atoms with E-state index in [1.807, 2.05) is 19.1 Å². The summed E-state index contributed by atoms with van der Waals surface area (Å²) in [5, 5.41) is 0.580. The van der Waals surface area contributed by atoms with Crippen LogP contribution in [-0.4, -0.2) is 12.6 Å². The monoisotopic (exact) mass is 510 g/mol. The minimum atomic E-state index is -0.493. The number of hydrogen-bond donors (Lipinski definition) is 0. The quantitative estimate of drug-likeness (QED) is 0.376. The maximum atomic E-state index is 11.9. The molecular formula is C15H10Br3ClO3. The van der Waals surface area contributed by atoms with Gasteiger partial charge < -0.3 is 9.47 Å². The number of rotatable bonds is 4. The lowest BCUT2D eigenvalue weighted by molar-refractivity contribution is -0.136. The molecule has 0 aliphatic carbocycles. The Bertz CT molecular complexity index is 696. The van der Waals surface area contributed by atoms with Crippen LogP contribution in [0, 0.1) is 6.92 Å². The van der Waals surface area contributed by atoms with Crippen molar-refractivity contribution in [1.29, 1.82) is 0 Å². The Morgan fingerprint density at radius 3 is 2.50 bits per heavy atom. The molecule has 2 aromatic carbocycles. The van der Waals surface area contributed by atoms with E-state index in [1.165, 1.54) is 0 Å². The molecule has 0 spiro atoms. The summed E-state index contributed by atoms with van der Waals surface area (Å²) in [5.74, 6) is 0.507. The van der Waals surface area contributed by atoms with Gasteiger partial charge in [-0.2, -0.15) is 0 Å². The van der Waals surface area contributed by atoms with Crippen molar-refractivity contribution in [2.24, 2.45) is 0 Å². The molecule has 0 radical (unpaired) electrons. The first kappa shape index (κ1) is 17.8. The van der Waals surface area contributed by atoms with Crippen molar-refractivity contribution < 1.29 is 14.3 Å². The first-order valence-electron chi connectivity index (χ1n) is 6.11. The van der Waals surface area contributed by atoms with Gasteiger partial charge in [-0.25, -0.2) is 4.79 Å². The number of aryl methyl sites for hydroxylation is 1. The average Bonchev–Trinajstić information content (AvgIpc) is 2.42. The van der Waals surface area contributed by atoms with Crippen LogP contribution in [0.5, 0.6) is 11.5 Å². The van der Waals surface area contributed by atoms with Gasteiger partial charge in [-0.1, -0.05) is 27.5 Å². The zero-order valence-electron chi connectivity index (χ0n) is 11.3. The van der Waals surface area contributed by atoms with Crippen molar-refractivity contribution in [2.75, 3.05) is 6.61 Å². The predicted molar refractivity (Wildman–Crippen MR) is 96.9 cm³/mol. The molecule has 0 aliphatic heterocycles. The molecule has 0 bridgehead atoms. The predicted octanol–water partition coefficient (Wildman–Crippen LogP) is 5.92. The highest BCUT2D eigenvalue weighted by molar-refractivity contribution is 9.11. The molecule has 0 fully saturated rings. The Balaban J connectivity index is 2.02. The minimum Gasteiger partial charge on any atom is -0.481 e. The number of carbonyl (C=O) groups is 1. The fraction of sp³-hybridized carbons (Fsp3) is 0.133. The molecule has 116 valence electrons. The van der Waals surface area contributed by atoms with Crippen molar-refractivity contribution in [3.05, 3.63) is 54.3 Å². The van der Waals surface area contributed by atoms with Gasteiger partial charge in [0, 0.05) is 9.50 Å². The molecule has 0 amide bonds. The highest BCUT2D eigenvalue weighted by Gasteiger charge is 2.13. The zero-order chi connectivity index (χ0) is 16.3. The Morgan fingerprint density at radius 1 is 1.14 bits per heavy atom. The number of carbonyl (C=O) groups excluding carboxylic acids is 1. The molecular weight excluding hydrogens is 503 g/mol. The van der Waals surface area contributed by atoms with Crippen LogP contribution in [0.15, 0.2) is 43.7 Å². The van der Waals surface area contributed by atoms with Gasteiger partial charge >= 0.3 is 5.97 Å². The van der Waals surface area contributed by atoms with E-state index in [0.29, 0.717) is 25.5 Å². The lowest BCUT2D eigenvalue weighted by atomic mass is 10.2. The highest BCUT2D eigenvalue weighted by Crippen LogP contribution is 2.32. The van der Waals surface area contributed by atoms with Crippen LogP contribution in [0.1, 0.15) is 5.56 Å². The summed E-state index contributed by atoms with van der Waals surface area (Å²) >= 11 is 15.9. The Labute approximate surface area is 158 Å². The van der Waals surface area contributed by atoms with Gasteiger partial charge in [0.1, 0.15) is 11.5 Å². The maximum Gasteiger partial charge on any atom is 0.349 e. The standard InChI is InChI=1S/C15H10Br3ClO3/c1-8-4-9(16)5-12(18)15(8)22-14(20)7-21-13-3-2-10(19)6-11(13)17/h2-6H,7H2,1H3. The molecule has 0 aromatic heterocycles. The number of esters is 1. The van der Waals surface area contributed by atoms with E-state index >= 15 is 0 Å². The summed E-state index contributed by atoms with van der Waals surface area (Å²) in [6, 6.07) is 8.73. The summed E-state index contributed by atoms with van der Waals surface area (Å²) in [5.41, 5.74) is 0.835. The average molecular weight is 513 g/mol. The van der Waals surface area contributed by atoms with E-state index in [4.69, 9.17) is 21.1 Å². The molecule has 0 aliphatic rings.